The number of rotatable bonds is 6. The molecule has 0 fully saturated rings. The predicted octanol–water partition coefficient (Wildman–Crippen LogP) is 5.78. The summed E-state index contributed by atoms with van der Waals surface area (Å²) in [7, 11) is 1.78. The summed E-state index contributed by atoms with van der Waals surface area (Å²) < 4.78 is 41.2. The Balaban J connectivity index is 0.000000294. The molecule has 9 heteroatoms. The number of hydrogen-bond acceptors (Lipinski definition) is 5. The molecular weight excluding hydrogens is 429 g/mol. The summed E-state index contributed by atoms with van der Waals surface area (Å²) >= 11 is 0. The van der Waals surface area contributed by atoms with E-state index in [1.165, 1.54) is 18.4 Å². The summed E-state index contributed by atoms with van der Waals surface area (Å²) in [6.45, 7) is 4.33. The van der Waals surface area contributed by atoms with Gasteiger partial charge in [0.1, 0.15) is 5.82 Å². The van der Waals surface area contributed by atoms with Crippen molar-refractivity contribution in [2.45, 2.75) is 52.3 Å². The van der Waals surface area contributed by atoms with E-state index in [1.807, 2.05) is 10.7 Å². The molecule has 0 bridgehead atoms. The first-order valence-electron chi connectivity index (χ1n) is 10.9. The number of nitrogen functional groups attached to an aromatic ring is 1. The largest absolute Gasteiger partial charge is 0.416 e. The van der Waals surface area contributed by atoms with Crippen LogP contribution in [0.4, 0.5) is 24.7 Å². The minimum atomic E-state index is -4.35. The standard InChI is InChI=1S/C17H21F3N2.C7H10N4/c1-3-7-13(11-14(8-4-2)17(18,19)20)16-12-15-9-5-6-10-22(15)21-16;1-10-6-2-3-11-7(9)5(6)4-8/h3,7-8,11-12H,4-6,9-10H2,1-2H3;2-4,8H,1H3,(H3,9,10,11)/b7-3-,13-11+,14-8-;. The summed E-state index contributed by atoms with van der Waals surface area (Å²) in [6, 6.07) is 3.68. The zero-order valence-electron chi connectivity index (χ0n) is 19.2. The van der Waals surface area contributed by atoms with E-state index >= 15 is 0 Å². The number of allylic oxidation sites excluding steroid dienone is 6. The Labute approximate surface area is 192 Å². The molecule has 178 valence electrons. The van der Waals surface area contributed by atoms with Crippen LogP contribution in [-0.4, -0.2) is 34.2 Å². The van der Waals surface area contributed by atoms with Crippen LogP contribution in [-0.2, 0) is 13.0 Å². The number of alkyl halides is 3. The van der Waals surface area contributed by atoms with E-state index in [1.54, 1.807) is 45.3 Å². The quantitative estimate of drug-likeness (QED) is 0.376. The molecule has 33 heavy (non-hydrogen) atoms. The second-order valence-electron chi connectivity index (χ2n) is 7.42. The molecule has 0 spiro atoms. The highest BCUT2D eigenvalue weighted by Crippen LogP contribution is 2.30. The Bertz CT molecular complexity index is 1010. The third-order valence-corrected chi connectivity index (χ3v) is 5.06. The summed E-state index contributed by atoms with van der Waals surface area (Å²) in [4.78, 5) is 3.85. The molecule has 2 aromatic heterocycles. The van der Waals surface area contributed by atoms with E-state index in [0.717, 1.165) is 37.2 Å². The molecule has 3 rings (SSSR count). The number of aromatic nitrogens is 3. The van der Waals surface area contributed by atoms with Gasteiger partial charge in [0.05, 0.1) is 16.8 Å². The molecular formula is C24H31F3N6. The second-order valence-corrected chi connectivity index (χ2v) is 7.42. The van der Waals surface area contributed by atoms with Crippen LogP contribution < -0.4 is 11.1 Å². The number of fused-ring (bicyclic) bond motifs is 1. The fourth-order valence-electron chi connectivity index (χ4n) is 3.45. The number of anilines is 2. The maximum atomic E-state index is 13.1. The topological polar surface area (TPSA) is 92.6 Å². The Morgan fingerprint density at radius 3 is 2.64 bits per heavy atom. The highest BCUT2D eigenvalue weighted by molar-refractivity contribution is 5.91. The molecule has 3 heterocycles. The monoisotopic (exact) mass is 460 g/mol. The maximum absolute atomic E-state index is 13.1. The fraction of sp³-hybridized carbons (Fsp3) is 0.375. The van der Waals surface area contributed by atoms with Gasteiger partial charge in [-0.2, -0.15) is 18.3 Å². The molecule has 0 amide bonds. The van der Waals surface area contributed by atoms with E-state index in [2.05, 4.69) is 15.4 Å². The molecule has 0 atom stereocenters. The molecule has 0 aliphatic carbocycles. The van der Waals surface area contributed by atoms with Gasteiger partial charge >= 0.3 is 6.18 Å². The van der Waals surface area contributed by atoms with Crippen LogP contribution in [0.15, 0.2) is 48.2 Å². The number of hydrogen-bond donors (Lipinski definition) is 3. The minimum Gasteiger partial charge on any atom is -0.387 e. The van der Waals surface area contributed by atoms with Crippen LogP contribution in [0, 0.1) is 5.41 Å². The first-order valence-corrected chi connectivity index (χ1v) is 10.9. The van der Waals surface area contributed by atoms with Crippen molar-refractivity contribution >= 4 is 23.3 Å². The number of pyridine rings is 1. The van der Waals surface area contributed by atoms with Gasteiger partial charge in [-0.3, -0.25) is 4.68 Å². The van der Waals surface area contributed by atoms with Crippen molar-refractivity contribution in [3.63, 3.8) is 0 Å². The van der Waals surface area contributed by atoms with Gasteiger partial charge in [0.25, 0.3) is 0 Å². The van der Waals surface area contributed by atoms with Gasteiger partial charge < -0.3 is 16.5 Å². The second kappa shape index (κ2) is 12.0. The Hall–Kier alpha value is -3.36. The molecule has 2 aromatic rings. The Morgan fingerprint density at radius 1 is 1.33 bits per heavy atom. The van der Waals surface area contributed by atoms with Crippen molar-refractivity contribution in [2.24, 2.45) is 0 Å². The molecule has 1 aliphatic rings. The molecule has 0 saturated carbocycles. The molecule has 0 aromatic carbocycles. The number of nitrogens with zero attached hydrogens (tertiary/aromatic N) is 3. The highest BCUT2D eigenvalue weighted by Gasteiger charge is 2.32. The lowest BCUT2D eigenvalue weighted by Crippen LogP contribution is -2.11. The van der Waals surface area contributed by atoms with E-state index in [-0.39, 0.29) is 0 Å². The van der Waals surface area contributed by atoms with E-state index in [4.69, 9.17) is 11.1 Å². The van der Waals surface area contributed by atoms with Crippen molar-refractivity contribution < 1.29 is 13.2 Å². The van der Waals surface area contributed by atoms with E-state index in [0.29, 0.717) is 29.1 Å². The van der Waals surface area contributed by atoms with Crippen LogP contribution in [0.3, 0.4) is 0 Å². The summed E-state index contributed by atoms with van der Waals surface area (Å²) in [5.74, 6) is 0.381. The Kier molecular flexibility index (Phi) is 9.44. The van der Waals surface area contributed by atoms with Crippen LogP contribution >= 0.6 is 0 Å². The maximum Gasteiger partial charge on any atom is 0.416 e. The summed E-state index contributed by atoms with van der Waals surface area (Å²) in [5, 5.41) is 14.4. The summed E-state index contributed by atoms with van der Waals surface area (Å²) in [5.41, 5.74) is 8.56. The van der Waals surface area contributed by atoms with Crippen molar-refractivity contribution in [2.75, 3.05) is 18.1 Å². The number of nitrogens with one attached hydrogen (secondary N) is 2. The first-order chi connectivity index (χ1) is 15.7. The first kappa shape index (κ1) is 25.9. The zero-order chi connectivity index (χ0) is 24.4. The molecule has 0 radical (unpaired) electrons. The molecule has 6 nitrogen and oxygen atoms in total. The van der Waals surface area contributed by atoms with Gasteiger partial charge in [0, 0.05) is 43.0 Å². The average Bonchev–Trinajstić information content (AvgIpc) is 3.22. The third kappa shape index (κ3) is 7.06. The lowest BCUT2D eigenvalue weighted by molar-refractivity contribution is -0.0883. The molecule has 4 N–H and O–H groups in total. The third-order valence-electron chi connectivity index (χ3n) is 5.06. The number of halogens is 3. The van der Waals surface area contributed by atoms with Gasteiger partial charge in [0.2, 0.25) is 0 Å². The van der Waals surface area contributed by atoms with Crippen LogP contribution in [0.25, 0.3) is 5.57 Å². The van der Waals surface area contributed by atoms with Crippen molar-refractivity contribution in [3.05, 3.63) is 65.2 Å². The highest BCUT2D eigenvalue weighted by atomic mass is 19.4. The predicted molar refractivity (Wildman–Crippen MR) is 128 cm³/mol. The normalized spacial score (nSPS) is 14.5. The van der Waals surface area contributed by atoms with Crippen molar-refractivity contribution in [1.82, 2.24) is 14.8 Å². The zero-order valence-corrected chi connectivity index (χ0v) is 19.2. The average molecular weight is 461 g/mol. The van der Waals surface area contributed by atoms with Gasteiger partial charge in [-0.25, -0.2) is 4.98 Å². The number of aryl methyl sites for hydroxylation is 2. The lowest BCUT2D eigenvalue weighted by atomic mass is 10.0. The lowest BCUT2D eigenvalue weighted by Gasteiger charge is -2.11. The Morgan fingerprint density at radius 2 is 2.09 bits per heavy atom. The van der Waals surface area contributed by atoms with Gasteiger partial charge in [-0.05, 0) is 50.8 Å². The molecule has 1 aliphatic heterocycles. The van der Waals surface area contributed by atoms with Crippen LogP contribution in [0.1, 0.15) is 50.1 Å². The van der Waals surface area contributed by atoms with Gasteiger partial charge in [-0.1, -0.05) is 25.2 Å². The van der Waals surface area contributed by atoms with Crippen molar-refractivity contribution in [1.29, 1.82) is 5.41 Å². The minimum absolute atomic E-state index is 0.341. The van der Waals surface area contributed by atoms with Crippen molar-refractivity contribution in [3.8, 4) is 0 Å². The molecule has 0 saturated heterocycles. The van der Waals surface area contributed by atoms with E-state index in [9.17, 15) is 13.2 Å². The molecule has 0 unspecified atom stereocenters. The van der Waals surface area contributed by atoms with Gasteiger partial charge in [-0.15, -0.1) is 0 Å². The van der Waals surface area contributed by atoms with Crippen LogP contribution in [0.2, 0.25) is 0 Å². The fourth-order valence-corrected chi connectivity index (χ4v) is 3.45. The summed E-state index contributed by atoms with van der Waals surface area (Å²) in [6.07, 6.45) is 7.73. The number of nitrogens with two attached hydrogens (primary N) is 1. The SMILES string of the molecule is CNc1ccnc(N)c1C=N.C\C=C/C(=C\C(=C\CC)C(F)(F)F)c1cc2n(n1)CCCC2. The van der Waals surface area contributed by atoms with Crippen LogP contribution in [0.5, 0.6) is 0 Å². The van der Waals surface area contributed by atoms with Gasteiger partial charge in [0.15, 0.2) is 0 Å². The van der Waals surface area contributed by atoms with E-state index < -0.39 is 11.7 Å². The smallest absolute Gasteiger partial charge is 0.387 e.